The normalized spacial score (nSPS) is 10.4. The Morgan fingerprint density at radius 3 is 2.12 bits per heavy atom. The second kappa shape index (κ2) is 16.4. The van der Waals surface area contributed by atoms with Gasteiger partial charge >= 0.3 is 0 Å². The summed E-state index contributed by atoms with van der Waals surface area (Å²) in [5.74, 6) is -0.229. The first-order valence-corrected chi connectivity index (χ1v) is 8.92. The van der Waals surface area contributed by atoms with Crippen LogP contribution in [0.2, 0.25) is 5.02 Å². The number of hydrogen-bond acceptors (Lipinski definition) is 2. The zero-order valence-corrected chi connectivity index (χ0v) is 17.2. The highest BCUT2D eigenvalue weighted by molar-refractivity contribution is 6.31. The van der Waals surface area contributed by atoms with Crippen molar-refractivity contribution in [2.24, 2.45) is 0 Å². The van der Waals surface area contributed by atoms with Crippen LogP contribution in [0.4, 0.5) is 4.39 Å². The zero-order chi connectivity index (χ0) is 16.2. The first kappa shape index (κ1) is 26.2. The lowest BCUT2D eigenvalue weighted by atomic mass is 10.2. The highest BCUT2D eigenvalue weighted by atomic mass is 35.5. The van der Waals surface area contributed by atoms with Gasteiger partial charge in [0.15, 0.2) is 0 Å². The molecule has 0 saturated carbocycles. The summed E-state index contributed by atoms with van der Waals surface area (Å²) in [6.07, 6.45) is 6.10. The highest BCUT2D eigenvalue weighted by Crippen LogP contribution is 2.18. The average Bonchev–Trinajstić information content (AvgIpc) is 2.51. The number of benzene rings is 1. The Morgan fingerprint density at radius 2 is 1.58 bits per heavy atom. The first-order chi connectivity index (χ1) is 10.7. The standard InChI is InChI=1S/C18H30ClFN2.2ClH/c1-3-5-12-22(13-6-4-2)14-8-11-21-15-16-17(19)9-7-10-18(16)20;;/h7,9-10,21H,3-6,8,11-15H2,1-2H3;2*1H. The number of halogens is 4. The summed E-state index contributed by atoms with van der Waals surface area (Å²) in [4.78, 5) is 2.55. The summed E-state index contributed by atoms with van der Waals surface area (Å²) in [5, 5.41) is 3.80. The Bertz CT molecular complexity index is 391. The average molecular weight is 402 g/mol. The molecule has 6 heteroatoms. The third kappa shape index (κ3) is 10.7. The van der Waals surface area contributed by atoms with Gasteiger partial charge in [-0.1, -0.05) is 44.4 Å². The molecule has 0 bridgehead atoms. The van der Waals surface area contributed by atoms with E-state index in [1.54, 1.807) is 12.1 Å². The van der Waals surface area contributed by atoms with E-state index in [1.165, 1.54) is 44.8 Å². The molecule has 0 spiro atoms. The minimum absolute atomic E-state index is 0. The van der Waals surface area contributed by atoms with E-state index in [9.17, 15) is 4.39 Å². The molecule has 0 aromatic heterocycles. The molecule has 142 valence electrons. The molecule has 1 aromatic carbocycles. The molecule has 0 radical (unpaired) electrons. The van der Waals surface area contributed by atoms with Crippen molar-refractivity contribution < 1.29 is 4.39 Å². The van der Waals surface area contributed by atoms with E-state index in [0.717, 1.165) is 19.5 Å². The van der Waals surface area contributed by atoms with Gasteiger partial charge in [-0.3, -0.25) is 0 Å². The van der Waals surface area contributed by atoms with Crippen molar-refractivity contribution in [2.75, 3.05) is 26.2 Å². The second-order valence-corrected chi connectivity index (χ2v) is 6.19. The molecule has 1 rings (SSSR count). The van der Waals surface area contributed by atoms with Gasteiger partial charge in [-0.25, -0.2) is 4.39 Å². The maximum Gasteiger partial charge on any atom is 0.129 e. The summed E-state index contributed by atoms with van der Waals surface area (Å²) >= 11 is 6.02. The van der Waals surface area contributed by atoms with Gasteiger partial charge in [0.1, 0.15) is 5.82 Å². The van der Waals surface area contributed by atoms with Gasteiger partial charge in [-0.15, -0.1) is 24.8 Å². The maximum atomic E-state index is 13.6. The van der Waals surface area contributed by atoms with Gasteiger partial charge in [-0.2, -0.15) is 0 Å². The smallest absolute Gasteiger partial charge is 0.129 e. The van der Waals surface area contributed by atoms with Crippen LogP contribution in [0.25, 0.3) is 0 Å². The Labute approximate surface area is 164 Å². The second-order valence-electron chi connectivity index (χ2n) is 5.78. The summed E-state index contributed by atoms with van der Waals surface area (Å²) in [6, 6.07) is 4.83. The van der Waals surface area contributed by atoms with Crippen LogP contribution in [-0.2, 0) is 6.54 Å². The molecule has 1 aromatic rings. The molecular formula is C18H32Cl3FN2. The minimum atomic E-state index is -0.229. The lowest BCUT2D eigenvalue weighted by molar-refractivity contribution is 0.261. The molecule has 24 heavy (non-hydrogen) atoms. The van der Waals surface area contributed by atoms with Gasteiger partial charge in [0.05, 0.1) is 0 Å². The Hall–Kier alpha value is -0.0600. The molecular weight excluding hydrogens is 370 g/mol. The lowest BCUT2D eigenvalue weighted by Crippen LogP contribution is -2.29. The van der Waals surface area contributed by atoms with Crippen LogP contribution in [-0.4, -0.2) is 31.1 Å². The molecule has 0 aliphatic heterocycles. The summed E-state index contributed by atoms with van der Waals surface area (Å²) < 4.78 is 13.6. The van der Waals surface area contributed by atoms with Crippen molar-refractivity contribution in [3.63, 3.8) is 0 Å². The van der Waals surface area contributed by atoms with E-state index in [4.69, 9.17) is 11.6 Å². The van der Waals surface area contributed by atoms with E-state index < -0.39 is 0 Å². The van der Waals surface area contributed by atoms with Crippen LogP contribution in [0.1, 0.15) is 51.5 Å². The van der Waals surface area contributed by atoms with E-state index in [1.807, 2.05) is 0 Å². The predicted octanol–water partition coefficient (Wildman–Crippen LogP) is 5.70. The number of nitrogens with zero attached hydrogens (tertiary/aromatic N) is 1. The van der Waals surface area contributed by atoms with Crippen LogP contribution in [0.3, 0.4) is 0 Å². The first-order valence-electron chi connectivity index (χ1n) is 8.55. The predicted molar refractivity (Wildman–Crippen MR) is 108 cm³/mol. The van der Waals surface area contributed by atoms with E-state index in [0.29, 0.717) is 17.1 Å². The quantitative estimate of drug-likeness (QED) is 0.452. The summed E-state index contributed by atoms with van der Waals surface area (Å²) in [5.41, 5.74) is 0.568. The van der Waals surface area contributed by atoms with Gasteiger partial charge in [0.2, 0.25) is 0 Å². The van der Waals surface area contributed by atoms with Crippen molar-refractivity contribution in [3.05, 3.63) is 34.6 Å². The van der Waals surface area contributed by atoms with Crippen molar-refractivity contribution in [1.29, 1.82) is 0 Å². The molecule has 1 N–H and O–H groups in total. The topological polar surface area (TPSA) is 15.3 Å². The van der Waals surface area contributed by atoms with E-state index in [-0.39, 0.29) is 30.6 Å². The van der Waals surface area contributed by atoms with Crippen molar-refractivity contribution in [1.82, 2.24) is 10.2 Å². The monoisotopic (exact) mass is 400 g/mol. The maximum absolute atomic E-state index is 13.6. The third-order valence-electron chi connectivity index (χ3n) is 3.85. The number of nitrogens with one attached hydrogen (secondary N) is 1. The number of hydrogen-bond donors (Lipinski definition) is 1. The number of unbranched alkanes of at least 4 members (excludes halogenated alkanes) is 2. The van der Waals surface area contributed by atoms with Gasteiger partial charge in [0, 0.05) is 17.1 Å². The fraction of sp³-hybridized carbons (Fsp3) is 0.667. The molecule has 0 fully saturated rings. The van der Waals surface area contributed by atoms with Crippen molar-refractivity contribution >= 4 is 36.4 Å². The van der Waals surface area contributed by atoms with E-state index >= 15 is 0 Å². The Morgan fingerprint density at radius 1 is 1.00 bits per heavy atom. The fourth-order valence-electron chi connectivity index (χ4n) is 2.44. The van der Waals surface area contributed by atoms with Crippen LogP contribution in [0, 0.1) is 5.82 Å². The lowest BCUT2D eigenvalue weighted by Gasteiger charge is -2.22. The number of rotatable bonds is 12. The van der Waals surface area contributed by atoms with Crippen LogP contribution < -0.4 is 5.32 Å². The van der Waals surface area contributed by atoms with Crippen molar-refractivity contribution in [3.8, 4) is 0 Å². The highest BCUT2D eigenvalue weighted by Gasteiger charge is 2.06. The molecule has 0 saturated heterocycles. The fourth-order valence-corrected chi connectivity index (χ4v) is 2.67. The summed E-state index contributed by atoms with van der Waals surface area (Å²) in [6.45, 7) is 9.34. The Kier molecular flexibility index (Phi) is 17.9. The van der Waals surface area contributed by atoms with Crippen LogP contribution in [0.15, 0.2) is 18.2 Å². The molecule has 0 aliphatic rings. The van der Waals surface area contributed by atoms with E-state index in [2.05, 4.69) is 24.1 Å². The van der Waals surface area contributed by atoms with Crippen molar-refractivity contribution in [2.45, 2.75) is 52.5 Å². The van der Waals surface area contributed by atoms with Crippen LogP contribution in [0.5, 0.6) is 0 Å². The molecule has 0 unspecified atom stereocenters. The Balaban J connectivity index is 0. The minimum Gasteiger partial charge on any atom is -0.312 e. The SMILES string of the molecule is CCCCN(CCCC)CCCNCc1c(F)cccc1Cl.Cl.Cl. The molecule has 0 amide bonds. The molecule has 0 aliphatic carbocycles. The van der Waals surface area contributed by atoms with Gasteiger partial charge in [-0.05, 0) is 57.6 Å². The third-order valence-corrected chi connectivity index (χ3v) is 4.20. The molecule has 0 heterocycles. The zero-order valence-electron chi connectivity index (χ0n) is 14.8. The van der Waals surface area contributed by atoms with Gasteiger partial charge in [0.25, 0.3) is 0 Å². The summed E-state index contributed by atoms with van der Waals surface area (Å²) in [7, 11) is 0. The van der Waals surface area contributed by atoms with Crippen LogP contribution >= 0.6 is 36.4 Å². The van der Waals surface area contributed by atoms with Gasteiger partial charge < -0.3 is 10.2 Å². The molecule has 2 nitrogen and oxygen atoms in total. The largest absolute Gasteiger partial charge is 0.312 e. The molecule has 0 atom stereocenters.